The molecule has 0 radical (unpaired) electrons. The van der Waals surface area contributed by atoms with E-state index in [2.05, 4.69) is 5.32 Å². The van der Waals surface area contributed by atoms with Crippen LogP contribution in [-0.4, -0.2) is 39.0 Å². The molecule has 7 heteroatoms. The van der Waals surface area contributed by atoms with Crippen molar-refractivity contribution in [2.75, 3.05) is 32.4 Å². The van der Waals surface area contributed by atoms with Gasteiger partial charge in [-0.15, -0.1) is 11.8 Å². The molecule has 0 aliphatic rings. The number of thioether (sulfide) groups is 1. The summed E-state index contributed by atoms with van der Waals surface area (Å²) in [6, 6.07) is 12.0. The van der Waals surface area contributed by atoms with Gasteiger partial charge in [0.2, 0.25) is 0 Å². The summed E-state index contributed by atoms with van der Waals surface area (Å²) in [4.78, 5) is 25.0. The van der Waals surface area contributed by atoms with Gasteiger partial charge in [0, 0.05) is 11.0 Å². The normalized spacial score (nSPS) is 10.0. The standard InChI is InChI=1S/C18H19NO5S/c1-22-13-6-9-15(16(10-13)23-2)19-17(20)11-24-18(21)12-4-7-14(25-3)8-5-12/h4-10H,11H2,1-3H3,(H,19,20). The van der Waals surface area contributed by atoms with Crippen molar-refractivity contribution < 1.29 is 23.8 Å². The Bertz CT molecular complexity index is 746. The Labute approximate surface area is 150 Å². The highest BCUT2D eigenvalue weighted by atomic mass is 32.2. The Hall–Kier alpha value is -2.67. The second kappa shape index (κ2) is 8.98. The number of carbonyl (C=O) groups is 2. The molecule has 0 bridgehead atoms. The van der Waals surface area contributed by atoms with Crippen molar-refractivity contribution >= 4 is 29.3 Å². The Kier molecular flexibility index (Phi) is 6.71. The number of carbonyl (C=O) groups excluding carboxylic acids is 2. The van der Waals surface area contributed by atoms with E-state index in [9.17, 15) is 9.59 Å². The van der Waals surface area contributed by atoms with E-state index in [-0.39, 0.29) is 0 Å². The van der Waals surface area contributed by atoms with E-state index in [1.54, 1.807) is 42.1 Å². The number of hydrogen-bond donors (Lipinski definition) is 1. The topological polar surface area (TPSA) is 73.9 Å². The van der Waals surface area contributed by atoms with Crippen LogP contribution in [0.15, 0.2) is 47.4 Å². The van der Waals surface area contributed by atoms with Gasteiger partial charge in [0.25, 0.3) is 5.91 Å². The van der Waals surface area contributed by atoms with Gasteiger partial charge in [0.1, 0.15) is 11.5 Å². The minimum absolute atomic E-state index is 0.391. The van der Waals surface area contributed by atoms with E-state index in [1.165, 1.54) is 14.2 Å². The van der Waals surface area contributed by atoms with E-state index in [0.717, 1.165) is 4.90 Å². The Morgan fingerprint density at radius 3 is 2.36 bits per heavy atom. The zero-order valence-electron chi connectivity index (χ0n) is 14.2. The van der Waals surface area contributed by atoms with Crippen molar-refractivity contribution in [3.63, 3.8) is 0 Å². The van der Waals surface area contributed by atoms with Crippen molar-refractivity contribution in [3.8, 4) is 11.5 Å². The number of anilines is 1. The van der Waals surface area contributed by atoms with Crippen LogP contribution in [0.5, 0.6) is 11.5 Å². The molecule has 0 aliphatic carbocycles. The molecule has 1 amide bonds. The minimum Gasteiger partial charge on any atom is -0.497 e. The molecule has 0 saturated carbocycles. The summed E-state index contributed by atoms with van der Waals surface area (Å²) < 4.78 is 15.3. The first-order valence-corrected chi connectivity index (χ1v) is 8.63. The average Bonchev–Trinajstić information content (AvgIpc) is 2.66. The molecule has 132 valence electrons. The summed E-state index contributed by atoms with van der Waals surface area (Å²) in [7, 11) is 3.03. The summed E-state index contributed by atoms with van der Waals surface area (Å²) in [6.45, 7) is -0.391. The average molecular weight is 361 g/mol. The van der Waals surface area contributed by atoms with Gasteiger partial charge in [-0.3, -0.25) is 4.79 Å². The zero-order chi connectivity index (χ0) is 18.2. The van der Waals surface area contributed by atoms with Crippen molar-refractivity contribution in [2.45, 2.75) is 4.90 Å². The predicted molar refractivity (Wildman–Crippen MR) is 96.7 cm³/mol. The summed E-state index contributed by atoms with van der Waals surface area (Å²) >= 11 is 1.58. The Balaban J connectivity index is 1.92. The first-order valence-electron chi connectivity index (χ1n) is 7.40. The van der Waals surface area contributed by atoms with Gasteiger partial charge < -0.3 is 19.5 Å². The number of hydrogen-bond acceptors (Lipinski definition) is 6. The van der Waals surface area contributed by atoms with Crippen molar-refractivity contribution in [1.29, 1.82) is 0 Å². The first kappa shape index (κ1) is 18.7. The summed E-state index contributed by atoms with van der Waals surface area (Å²) in [5.41, 5.74) is 0.862. The lowest BCUT2D eigenvalue weighted by Crippen LogP contribution is -2.21. The molecule has 6 nitrogen and oxygen atoms in total. The maximum Gasteiger partial charge on any atom is 0.338 e. The van der Waals surface area contributed by atoms with Gasteiger partial charge in [-0.1, -0.05) is 0 Å². The van der Waals surface area contributed by atoms with Gasteiger partial charge in [-0.2, -0.15) is 0 Å². The SMILES string of the molecule is COc1ccc(NC(=O)COC(=O)c2ccc(SC)cc2)c(OC)c1. The van der Waals surface area contributed by atoms with Crippen LogP contribution >= 0.6 is 11.8 Å². The molecule has 0 aromatic heterocycles. The third-order valence-corrected chi connectivity index (χ3v) is 4.09. The Morgan fingerprint density at radius 2 is 1.76 bits per heavy atom. The molecule has 0 atom stereocenters. The Morgan fingerprint density at radius 1 is 1.04 bits per heavy atom. The first-order chi connectivity index (χ1) is 12.1. The molecule has 2 rings (SSSR count). The minimum atomic E-state index is -0.551. The molecule has 2 aromatic carbocycles. The largest absolute Gasteiger partial charge is 0.497 e. The number of esters is 1. The maximum absolute atomic E-state index is 12.0. The maximum atomic E-state index is 12.0. The number of amides is 1. The van der Waals surface area contributed by atoms with Crippen LogP contribution in [-0.2, 0) is 9.53 Å². The van der Waals surface area contributed by atoms with Crippen molar-refractivity contribution in [2.24, 2.45) is 0 Å². The molecule has 0 spiro atoms. The second-order valence-corrected chi connectivity index (χ2v) is 5.80. The third kappa shape index (κ3) is 5.15. The summed E-state index contributed by atoms with van der Waals surface area (Å²) in [5.74, 6) is 0.0451. The molecule has 0 aliphatic heterocycles. The van der Waals surface area contributed by atoms with Crippen molar-refractivity contribution in [3.05, 3.63) is 48.0 Å². The van der Waals surface area contributed by atoms with E-state index >= 15 is 0 Å². The molecular weight excluding hydrogens is 342 g/mol. The van der Waals surface area contributed by atoms with Gasteiger partial charge in [0.15, 0.2) is 6.61 Å². The number of benzene rings is 2. The van der Waals surface area contributed by atoms with E-state index in [4.69, 9.17) is 14.2 Å². The zero-order valence-corrected chi connectivity index (χ0v) is 15.0. The number of nitrogens with one attached hydrogen (secondary N) is 1. The molecule has 0 unspecified atom stereocenters. The number of ether oxygens (including phenoxy) is 3. The second-order valence-electron chi connectivity index (χ2n) is 4.92. The molecule has 0 fully saturated rings. The molecule has 1 N–H and O–H groups in total. The lowest BCUT2D eigenvalue weighted by atomic mass is 10.2. The summed E-state index contributed by atoms with van der Waals surface area (Å²) in [6.07, 6.45) is 1.95. The predicted octanol–water partition coefficient (Wildman–Crippen LogP) is 3.22. The fourth-order valence-corrected chi connectivity index (χ4v) is 2.44. The van der Waals surface area contributed by atoms with Crippen LogP contribution in [0.4, 0.5) is 5.69 Å². The van der Waals surface area contributed by atoms with E-state index < -0.39 is 18.5 Å². The van der Waals surface area contributed by atoms with Gasteiger partial charge in [-0.25, -0.2) is 4.79 Å². The van der Waals surface area contributed by atoms with Crippen LogP contribution in [0.25, 0.3) is 0 Å². The highest BCUT2D eigenvalue weighted by molar-refractivity contribution is 7.98. The fraction of sp³-hybridized carbons (Fsp3) is 0.222. The van der Waals surface area contributed by atoms with Crippen molar-refractivity contribution in [1.82, 2.24) is 0 Å². The van der Waals surface area contributed by atoms with Crippen LogP contribution in [0.2, 0.25) is 0 Å². The van der Waals surface area contributed by atoms with Gasteiger partial charge in [0.05, 0.1) is 25.5 Å². The van der Waals surface area contributed by atoms with E-state index in [0.29, 0.717) is 22.7 Å². The quantitative estimate of drug-likeness (QED) is 0.603. The summed E-state index contributed by atoms with van der Waals surface area (Å²) in [5, 5.41) is 2.64. The molecule has 2 aromatic rings. The van der Waals surface area contributed by atoms with Crippen LogP contribution < -0.4 is 14.8 Å². The van der Waals surface area contributed by atoms with E-state index in [1.807, 2.05) is 18.4 Å². The number of methoxy groups -OCH3 is 2. The number of rotatable bonds is 7. The van der Waals surface area contributed by atoms with Crippen LogP contribution in [0.3, 0.4) is 0 Å². The van der Waals surface area contributed by atoms with Gasteiger partial charge >= 0.3 is 5.97 Å². The highest BCUT2D eigenvalue weighted by Gasteiger charge is 2.12. The third-order valence-electron chi connectivity index (χ3n) is 3.34. The highest BCUT2D eigenvalue weighted by Crippen LogP contribution is 2.28. The lowest BCUT2D eigenvalue weighted by Gasteiger charge is -2.11. The van der Waals surface area contributed by atoms with Crippen LogP contribution in [0.1, 0.15) is 10.4 Å². The van der Waals surface area contributed by atoms with Gasteiger partial charge in [-0.05, 0) is 42.7 Å². The van der Waals surface area contributed by atoms with Crippen LogP contribution in [0, 0.1) is 0 Å². The fourth-order valence-electron chi connectivity index (χ4n) is 2.03. The smallest absolute Gasteiger partial charge is 0.338 e. The molecule has 25 heavy (non-hydrogen) atoms. The molecule has 0 heterocycles. The monoisotopic (exact) mass is 361 g/mol. The molecule has 0 saturated heterocycles. The molecular formula is C18H19NO5S. The lowest BCUT2D eigenvalue weighted by molar-refractivity contribution is -0.119.